The number of esters is 1. The van der Waals surface area contributed by atoms with E-state index in [9.17, 15) is 9.59 Å². The number of carbonyl (C=O) groups is 2. The number of methoxy groups -OCH3 is 3. The lowest BCUT2D eigenvalue weighted by atomic mass is 10.0. The molecule has 0 unspecified atom stereocenters. The second kappa shape index (κ2) is 10.3. The molecule has 0 amide bonds. The maximum absolute atomic E-state index is 12.2. The first-order valence-corrected chi connectivity index (χ1v) is 9.17. The van der Waals surface area contributed by atoms with Crippen LogP contribution in [-0.2, 0) is 9.53 Å². The highest BCUT2D eigenvalue weighted by Crippen LogP contribution is 2.38. The van der Waals surface area contributed by atoms with Crippen LogP contribution in [0.4, 0.5) is 0 Å². The highest BCUT2D eigenvalue weighted by molar-refractivity contribution is 5.99. The van der Waals surface area contributed by atoms with Crippen molar-refractivity contribution in [2.24, 2.45) is 0 Å². The predicted octanol–water partition coefficient (Wildman–Crippen LogP) is 4.28. The normalized spacial score (nSPS) is 10.8. The first-order valence-electron chi connectivity index (χ1n) is 9.17. The van der Waals surface area contributed by atoms with Crippen molar-refractivity contribution < 1.29 is 28.5 Å². The smallest absolute Gasteiger partial charge is 0.331 e. The van der Waals surface area contributed by atoms with Gasteiger partial charge in [0.15, 0.2) is 23.9 Å². The fraction of sp³-hybridized carbons (Fsp3) is 0.304. The summed E-state index contributed by atoms with van der Waals surface area (Å²) in [6.45, 7) is 3.84. The zero-order chi connectivity index (χ0) is 21.4. The van der Waals surface area contributed by atoms with Gasteiger partial charge in [-0.05, 0) is 35.3 Å². The standard InChI is InChI=1S/C23H26O6/c1-15(2)17-7-9-18(10-8-17)19(24)14-29-22(25)11-6-16-12-20(26-3)23(28-5)21(13-16)27-4/h6-13,15H,14H2,1-5H3/b11-6+. The Hall–Kier alpha value is -3.28. The van der Waals surface area contributed by atoms with E-state index in [1.165, 1.54) is 27.4 Å². The molecule has 2 aromatic carbocycles. The number of benzene rings is 2. The zero-order valence-electron chi connectivity index (χ0n) is 17.4. The average Bonchev–Trinajstić information content (AvgIpc) is 2.74. The fourth-order valence-corrected chi connectivity index (χ4v) is 2.68. The largest absolute Gasteiger partial charge is 0.493 e. The van der Waals surface area contributed by atoms with Crippen LogP contribution in [0.15, 0.2) is 42.5 Å². The van der Waals surface area contributed by atoms with Gasteiger partial charge in [0.1, 0.15) is 0 Å². The maximum atomic E-state index is 12.2. The Morgan fingerprint density at radius 1 is 0.931 bits per heavy atom. The fourth-order valence-electron chi connectivity index (χ4n) is 2.68. The number of hydrogen-bond donors (Lipinski definition) is 0. The number of rotatable bonds is 9. The van der Waals surface area contributed by atoms with Crippen LogP contribution < -0.4 is 14.2 Å². The molecule has 0 saturated carbocycles. The zero-order valence-corrected chi connectivity index (χ0v) is 17.4. The van der Waals surface area contributed by atoms with Gasteiger partial charge in [-0.2, -0.15) is 0 Å². The lowest BCUT2D eigenvalue weighted by Crippen LogP contribution is -2.12. The second-order valence-corrected chi connectivity index (χ2v) is 6.60. The third-order valence-electron chi connectivity index (χ3n) is 4.34. The summed E-state index contributed by atoms with van der Waals surface area (Å²) in [5.41, 5.74) is 2.31. The Balaban J connectivity index is 2.00. The molecule has 0 bridgehead atoms. The summed E-state index contributed by atoms with van der Waals surface area (Å²) in [6.07, 6.45) is 2.80. The number of ether oxygens (including phenoxy) is 4. The SMILES string of the molecule is COc1cc(/C=C/C(=O)OCC(=O)c2ccc(C(C)C)cc2)cc(OC)c1OC. The lowest BCUT2D eigenvalue weighted by Gasteiger charge is -2.12. The molecular weight excluding hydrogens is 372 g/mol. The summed E-state index contributed by atoms with van der Waals surface area (Å²) in [7, 11) is 4.54. The van der Waals surface area contributed by atoms with E-state index in [0.29, 0.717) is 34.3 Å². The molecule has 0 saturated heterocycles. The molecule has 6 nitrogen and oxygen atoms in total. The van der Waals surface area contributed by atoms with Gasteiger partial charge in [-0.25, -0.2) is 4.79 Å². The topological polar surface area (TPSA) is 71.1 Å². The number of ketones is 1. The van der Waals surface area contributed by atoms with Crippen molar-refractivity contribution in [1.29, 1.82) is 0 Å². The van der Waals surface area contributed by atoms with Crippen molar-refractivity contribution in [3.8, 4) is 17.2 Å². The molecular formula is C23H26O6. The van der Waals surface area contributed by atoms with Crippen molar-refractivity contribution in [3.05, 3.63) is 59.2 Å². The van der Waals surface area contributed by atoms with Crippen LogP contribution in [0.1, 0.15) is 41.3 Å². The van der Waals surface area contributed by atoms with E-state index in [-0.39, 0.29) is 12.4 Å². The first kappa shape index (κ1) is 22.0. The summed E-state index contributed by atoms with van der Waals surface area (Å²) in [5.74, 6) is 0.918. The van der Waals surface area contributed by atoms with E-state index in [0.717, 1.165) is 5.56 Å². The molecule has 2 aromatic rings. The molecule has 0 aliphatic rings. The molecule has 6 heteroatoms. The summed E-state index contributed by atoms with van der Waals surface area (Å²) in [5, 5.41) is 0. The van der Waals surface area contributed by atoms with Crippen LogP contribution in [0.25, 0.3) is 6.08 Å². The summed E-state index contributed by atoms with van der Waals surface area (Å²) in [6, 6.07) is 10.7. The molecule has 0 fully saturated rings. The Morgan fingerprint density at radius 3 is 2.00 bits per heavy atom. The van der Waals surface area contributed by atoms with Gasteiger partial charge < -0.3 is 18.9 Å². The Labute approximate surface area is 171 Å². The van der Waals surface area contributed by atoms with Crippen LogP contribution in [0.5, 0.6) is 17.2 Å². The summed E-state index contributed by atoms with van der Waals surface area (Å²) >= 11 is 0. The van der Waals surface area contributed by atoms with Crippen LogP contribution in [0.3, 0.4) is 0 Å². The van der Waals surface area contributed by atoms with Crippen LogP contribution in [0, 0.1) is 0 Å². The Kier molecular flexibility index (Phi) is 7.83. The van der Waals surface area contributed by atoms with Crippen LogP contribution >= 0.6 is 0 Å². The van der Waals surface area contributed by atoms with Gasteiger partial charge in [0.25, 0.3) is 0 Å². The molecule has 2 rings (SSSR count). The molecule has 0 radical (unpaired) electrons. The van der Waals surface area contributed by atoms with Crippen LogP contribution in [-0.4, -0.2) is 39.7 Å². The van der Waals surface area contributed by atoms with E-state index in [4.69, 9.17) is 18.9 Å². The number of hydrogen-bond acceptors (Lipinski definition) is 6. The van der Waals surface area contributed by atoms with Crippen molar-refractivity contribution >= 4 is 17.8 Å². The van der Waals surface area contributed by atoms with Gasteiger partial charge in [0, 0.05) is 11.6 Å². The van der Waals surface area contributed by atoms with Crippen molar-refractivity contribution in [2.75, 3.05) is 27.9 Å². The summed E-state index contributed by atoms with van der Waals surface area (Å²) in [4.78, 5) is 24.2. The van der Waals surface area contributed by atoms with Crippen molar-refractivity contribution in [1.82, 2.24) is 0 Å². The molecule has 0 aliphatic heterocycles. The van der Waals surface area contributed by atoms with E-state index in [1.807, 2.05) is 12.1 Å². The number of Topliss-reactive ketones (excluding diaryl/α,β-unsaturated/α-hetero) is 1. The van der Waals surface area contributed by atoms with Crippen molar-refractivity contribution in [2.45, 2.75) is 19.8 Å². The minimum absolute atomic E-state index is 0.255. The second-order valence-electron chi connectivity index (χ2n) is 6.60. The number of carbonyl (C=O) groups excluding carboxylic acids is 2. The van der Waals surface area contributed by atoms with Gasteiger partial charge in [0.2, 0.25) is 5.75 Å². The molecule has 154 valence electrons. The monoisotopic (exact) mass is 398 g/mol. The van der Waals surface area contributed by atoms with Gasteiger partial charge in [-0.1, -0.05) is 38.1 Å². The molecule has 29 heavy (non-hydrogen) atoms. The highest BCUT2D eigenvalue weighted by atomic mass is 16.5. The molecule has 0 spiro atoms. The highest BCUT2D eigenvalue weighted by Gasteiger charge is 2.13. The van der Waals surface area contributed by atoms with Gasteiger partial charge in [0.05, 0.1) is 21.3 Å². The predicted molar refractivity (Wildman–Crippen MR) is 111 cm³/mol. The molecule has 0 atom stereocenters. The van der Waals surface area contributed by atoms with Gasteiger partial charge in [-0.3, -0.25) is 4.79 Å². The third-order valence-corrected chi connectivity index (χ3v) is 4.34. The van der Waals surface area contributed by atoms with E-state index < -0.39 is 5.97 Å². The van der Waals surface area contributed by atoms with Crippen molar-refractivity contribution in [3.63, 3.8) is 0 Å². The lowest BCUT2D eigenvalue weighted by molar-refractivity contribution is -0.136. The van der Waals surface area contributed by atoms with Gasteiger partial charge in [-0.15, -0.1) is 0 Å². The van der Waals surface area contributed by atoms with E-state index >= 15 is 0 Å². The Bertz CT molecular complexity index is 856. The third kappa shape index (κ3) is 5.85. The minimum Gasteiger partial charge on any atom is -0.493 e. The average molecular weight is 398 g/mol. The molecule has 0 aliphatic carbocycles. The quantitative estimate of drug-likeness (QED) is 0.357. The maximum Gasteiger partial charge on any atom is 0.331 e. The van der Waals surface area contributed by atoms with Crippen LogP contribution in [0.2, 0.25) is 0 Å². The van der Waals surface area contributed by atoms with Gasteiger partial charge >= 0.3 is 5.97 Å². The molecule has 0 aromatic heterocycles. The van der Waals surface area contributed by atoms with E-state index in [2.05, 4.69) is 13.8 Å². The first-order chi connectivity index (χ1) is 13.9. The molecule has 0 heterocycles. The van der Waals surface area contributed by atoms with E-state index in [1.54, 1.807) is 30.3 Å². The Morgan fingerprint density at radius 2 is 1.52 bits per heavy atom. The summed E-state index contributed by atoms with van der Waals surface area (Å²) < 4.78 is 20.9. The minimum atomic E-state index is -0.620. The molecule has 0 N–H and O–H groups in total.